The summed E-state index contributed by atoms with van der Waals surface area (Å²) in [6, 6.07) is 10.2. The van der Waals surface area contributed by atoms with Crippen molar-refractivity contribution in [1.29, 1.82) is 0 Å². The molecule has 4 rings (SSSR count). The second-order valence-corrected chi connectivity index (χ2v) is 7.83. The smallest absolute Gasteiger partial charge is 0.254 e. The van der Waals surface area contributed by atoms with Crippen LogP contribution in [0.3, 0.4) is 0 Å². The maximum Gasteiger partial charge on any atom is 0.254 e. The number of nitrogens with two attached hydrogens (primary N) is 1. The summed E-state index contributed by atoms with van der Waals surface area (Å²) >= 11 is 1.47. The first-order valence-corrected chi connectivity index (χ1v) is 10.4. The summed E-state index contributed by atoms with van der Waals surface area (Å²) in [7, 11) is 0. The SMILES string of the molecule is NC(=O)c1cccnc1OC1CCC(Nc2nc(-c3ccccc3F)cs2)CC1. The fourth-order valence-corrected chi connectivity index (χ4v) is 4.25. The predicted molar refractivity (Wildman–Crippen MR) is 111 cm³/mol. The molecule has 8 heteroatoms. The zero-order valence-corrected chi connectivity index (χ0v) is 16.5. The molecule has 1 saturated carbocycles. The van der Waals surface area contributed by atoms with Gasteiger partial charge in [0, 0.05) is 23.2 Å². The fourth-order valence-electron chi connectivity index (χ4n) is 3.46. The van der Waals surface area contributed by atoms with Crippen molar-refractivity contribution in [2.24, 2.45) is 5.73 Å². The van der Waals surface area contributed by atoms with Gasteiger partial charge >= 0.3 is 0 Å². The molecular weight excluding hydrogens is 391 g/mol. The molecule has 0 atom stereocenters. The Labute approximate surface area is 172 Å². The van der Waals surface area contributed by atoms with Crippen LogP contribution in [0.1, 0.15) is 36.0 Å². The minimum atomic E-state index is -0.544. The molecule has 0 bridgehead atoms. The topological polar surface area (TPSA) is 90.1 Å². The minimum absolute atomic E-state index is 0.00804. The fraction of sp³-hybridized carbons (Fsp3) is 0.286. The molecule has 1 aliphatic rings. The second-order valence-electron chi connectivity index (χ2n) is 6.97. The maximum atomic E-state index is 13.9. The van der Waals surface area contributed by atoms with E-state index >= 15 is 0 Å². The summed E-state index contributed by atoms with van der Waals surface area (Å²) in [5.74, 6) is -0.518. The normalized spacial score (nSPS) is 18.9. The Morgan fingerprint density at radius 1 is 1.17 bits per heavy atom. The zero-order chi connectivity index (χ0) is 20.2. The number of halogens is 1. The number of thiazole rings is 1. The van der Waals surface area contributed by atoms with E-state index < -0.39 is 5.91 Å². The molecule has 6 nitrogen and oxygen atoms in total. The van der Waals surface area contributed by atoms with E-state index in [1.54, 1.807) is 36.5 Å². The van der Waals surface area contributed by atoms with E-state index in [0.29, 0.717) is 22.7 Å². The van der Waals surface area contributed by atoms with E-state index in [1.807, 2.05) is 5.38 Å². The van der Waals surface area contributed by atoms with Crippen molar-refractivity contribution in [2.75, 3.05) is 5.32 Å². The minimum Gasteiger partial charge on any atom is -0.474 e. The Hall–Kier alpha value is -3.00. The number of rotatable bonds is 6. The van der Waals surface area contributed by atoms with Crippen LogP contribution in [0.2, 0.25) is 0 Å². The molecule has 0 unspecified atom stereocenters. The summed E-state index contributed by atoms with van der Waals surface area (Å²) in [5.41, 5.74) is 6.83. The summed E-state index contributed by atoms with van der Waals surface area (Å²) in [4.78, 5) is 20.2. The molecule has 1 aromatic carbocycles. The monoisotopic (exact) mass is 412 g/mol. The third kappa shape index (κ3) is 4.54. The van der Waals surface area contributed by atoms with Crippen LogP contribution >= 0.6 is 11.3 Å². The quantitative estimate of drug-likeness (QED) is 0.632. The van der Waals surface area contributed by atoms with Gasteiger partial charge < -0.3 is 15.8 Å². The Balaban J connectivity index is 1.33. The lowest BCUT2D eigenvalue weighted by Crippen LogP contribution is -2.31. The molecule has 3 N–H and O–H groups in total. The number of ether oxygens (including phenoxy) is 1. The number of nitrogens with one attached hydrogen (secondary N) is 1. The van der Waals surface area contributed by atoms with Gasteiger partial charge in [-0.3, -0.25) is 4.79 Å². The van der Waals surface area contributed by atoms with Crippen LogP contribution in [0, 0.1) is 5.82 Å². The van der Waals surface area contributed by atoms with Gasteiger partial charge in [0.05, 0.1) is 5.69 Å². The largest absolute Gasteiger partial charge is 0.474 e. The number of carbonyl (C=O) groups is 1. The van der Waals surface area contributed by atoms with Crippen molar-refractivity contribution in [3.05, 3.63) is 59.4 Å². The van der Waals surface area contributed by atoms with Gasteiger partial charge in [-0.25, -0.2) is 14.4 Å². The number of hydrogen-bond donors (Lipinski definition) is 2. The van der Waals surface area contributed by atoms with Crippen LogP contribution < -0.4 is 15.8 Å². The average Bonchev–Trinajstić information content (AvgIpc) is 3.18. The van der Waals surface area contributed by atoms with Crippen LogP contribution in [0.4, 0.5) is 9.52 Å². The summed E-state index contributed by atoms with van der Waals surface area (Å²) in [5, 5.41) is 6.09. The Morgan fingerprint density at radius 2 is 1.97 bits per heavy atom. The van der Waals surface area contributed by atoms with Crippen LogP contribution in [0.25, 0.3) is 11.3 Å². The molecule has 1 fully saturated rings. The third-order valence-corrected chi connectivity index (χ3v) is 5.74. The summed E-state index contributed by atoms with van der Waals surface area (Å²) < 4.78 is 19.9. The van der Waals surface area contributed by atoms with Gasteiger partial charge in [0.2, 0.25) is 5.88 Å². The Kier molecular flexibility index (Phi) is 5.71. The number of aromatic nitrogens is 2. The second kappa shape index (κ2) is 8.57. The first-order chi connectivity index (χ1) is 14.1. The molecule has 150 valence electrons. The van der Waals surface area contributed by atoms with E-state index in [2.05, 4.69) is 15.3 Å². The highest BCUT2D eigenvalue weighted by molar-refractivity contribution is 7.14. The molecule has 0 saturated heterocycles. The average molecular weight is 412 g/mol. The highest BCUT2D eigenvalue weighted by atomic mass is 32.1. The number of carbonyl (C=O) groups excluding carboxylic acids is 1. The molecule has 1 amide bonds. The molecule has 29 heavy (non-hydrogen) atoms. The van der Waals surface area contributed by atoms with Crippen molar-refractivity contribution in [2.45, 2.75) is 37.8 Å². The van der Waals surface area contributed by atoms with E-state index in [0.717, 1.165) is 30.8 Å². The number of anilines is 1. The van der Waals surface area contributed by atoms with Gasteiger partial charge in [-0.2, -0.15) is 0 Å². The highest BCUT2D eigenvalue weighted by Gasteiger charge is 2.25. The number of primary amides is 1. The van der Waals surface area contributed by atoms with Crippen LogP contribution in [0.15, 0.2) is 48.0 Å². The number of pyridine rings is 1. The number of nitrogens with zero attached hydrogens (tertiary/aromatic N) is 2. The van der Waals surface area contributed by atoms with Crippen LogP contribution in [-0.2, 0) is 0 Å². The molecule has 0 spiro atoms. The van der Waals surface area contributed by atoms with Crippen molar-refractivity contribution in [1.82, 2.24) is 9.97 Å². The lowest BCUT2D eigenvalue weighted by molar-refractivity contribution is 0.0983. The standard InChI is InChI=1S/C21H21FN4O2S/c22-17-6-2-1-4-15(17)18-12-29-21(26-18)25-13-7-9-14(10-8-13)28-20-16(19(23)27)5-3-11-24-20/h1-6,11-14H,7-10H2,(H2,23,27)(H,25,26). The molecule has 2 heterocycles. The molecule has 3 aromatic rings. The van der Waals surface area contributed by atoms with Gasteiger partial charge in [-0.15, -0.1) is 11.3 Å². The molecule has 0 aliphatic heterocycles. The van der Waals surface area contributed by atoms with Gasteiger partial charge in [0.1, 0.15) is 17.5 Å². The van der Waals surface area contributed by atoms with Crippen molar-refractivity contribution >= 4 is 22.4 Å². The van der Waals surface area contributed by atoms with E-state index in [4.69, 9.17) is 10.5 Å². The molecular formula is C21H21FN4O2S. The predicted octanol–water partition coefficient (Wildman–Crippen LogP) is 4.25. The van der Waals surface area contributed by atoms with Crippen LogP contribution in [0.5, 0.6) is 5.88 Å². The number of hydrogen-bond acceptors (Lipinski definition) is 6. The van der Waals surface area contributed by atoms with Gasteiger partial charge in [0.25, 0.3) is 5.91 Å². The maximum absolute atomic E-state index is 13.9. The van der Waals surface area contributed by atoms with Gasteiger partial charge in [-0.05, 0) is 49.9 Å². The third-order valence-electron chi connectivity index (χ3n) is 4.97. The molecule has 2 aromatic heterocycles. The summed E-state index contributed by atoms with van der Waals surface area (Å²) in [6.07, 6.45) is 5.04. The van der Waals surface area contributed by atoms with E-state index in [1.165, 1.54) is 17.4 Å². The lowest BCUT2D eigenvalue weighted by Gasteiger charge is -2.29. The van der Waals surface area contributed by atoms with Gasteiger partial charge in [0.15, 0.2) is 5.13 Å². The van der Waals surface area contributed by atoms with Gasteiger partial charge in [-0.1, -0.05) is 12.1 Å². The van der Waals surface area contributed by atoms with E-state index in [9.17, 15) is 9.18 Å². The zero-order valence-electron chi connectivity index (χ0n) is 15.7. The Bertz CT molecular complexity index is 1000. The first-order valence-electron chi connectivity index (χ1n) is 9.48. The molecule has 1 aliphatic carbocycles. The Morgan fingerprint density at radius 3 is 2.72 bits per heavy atom. The first kappa shape index (κ1) is 19.3. The van der Waals surface area contributed by atoms with E-state index in [-0.39, 0.29) is 18.0 Å². The van der Waals surface area contributed by atoms with Crippen molar-refractivity contribution < 1.29 is 13.9 Å². The van der Waals surface area contributed by atoms with Crippen LogP contribution in [-0.4, -0.2) is 28.0 Å². The highest BCUT2D eigenvalue weighted by Crippen LogP contribution is 2.30. The molecule has 0 radical (unpaired) electrons. The number of amides is 1. The van der Waals surface area contributed by atoms with Crippen molar-refractivity contribution in [3.63, 3.8) is 0 Å². The summed E-state index contributed by atoms with van der Waals surface area (Å²) in [6.45, 7) is 0. The number of benzene rings is 1. The van der Waals surface area contributed by atoms with Crippen molar-refractivity contribution in [3.8, 4) is 17.1 Å². The lowest BCUT2D eigenvalue weighted by atomic mass is 9.93.